The smallest absolute Gasteiger partial charge is 0.268 e. The van der Waals surface area contributed by atoms with Gasteiger partial charge in [-0.3, -0.25) is 14.5 Å². The Morgan fingerprint density at radius 2 is 2.00 bits per heavy atom. The van der Waals surface area contributed by atoms with Gasteiger partial charge in [0, 0.05) is 5.56 Å². The fraction of sp³-hybridized carbons (Fsp3) is 0.158. The molecule has 1 aliphatic heterocycles. The largest absolute Gasteiger partial charge is 0.481 e. The van der Waals surface area contributed by atoms with E-state index in [0.29, 0.717) is 23.0 Å². The fourth-order valence-corrected chi connectivity index (χ4v) is 2.88. The predicted molar refractivity (Wildman–Crippen MR) is 97.2 cm³/mol. The highest BCUT2D eigenvalue weighted by Crippen LogP contribution is 2.30. The van der Waals surface area contributed by atoms with E-state index in [-0.39, 0.29) is 18.4 Å². The molecule has 0 spiro atoms. The van der Waals surface area contributed by atoms with Gasteiger partial charge < -0.3 is 14.5 Å². The van der Waals surface area contributed by atoms with Crippen molar-refractivity contribution in [2.75, 3.05) is 16.8 Å². The van der Waals surface area contributed by atoms with Gasteiger partial charge in [0.25, 0.3) is 5.91 Å². The average molecular weight is 364 g/mol. The molecule has 1 aliphatic rings. The van der Waals surface area contributed by atoms with Crippen LogP contribution in [-0.2, 0) is 9.59 Å². The van der Waals surface area contributed by atoms with E-state index in [1.807, 2.05) is 6.07 Å². The molecule has 1 aromatic heterocycles. The van der Waals surface area contributed by atoms with Crippen LogP contribution in [-0.4, -0.2) is 34.7 Å². The zero-order valence-electron chi connectivity index (χ0n) is 14.5. The highest BCUT2D eigenvalue weighted by atomic mass is 16.5. The number of nitrogens with zero attached hydrogens (tertiary/aromatic N) is 3. The summed E-state index contributed by atoms with van der Waals surface area (Å²) < 4.78 is 10.9. The Morgan fingerprint density at radius 3 is 2.74 bits per heavy atom. The molecule has 2 amide bonds. The lowest BCUT2D eigenvalue weighted by Gasteiger charge is -2.31. The third-order valence-corrected chi connectivity index (χ3v) is 4.16. The molecule has 2 aromatic carbocycles. The first-order valence-corrected chi connectivity index (χ1v) is 8.35. The van der Waals surface area contributed by atoms with Crippen molar-refractivity contribution in [3.8, 4) is 17.2 Å². The Hall–Kier alpha value is -3.68. The predicted octanol–water partition coefficient (Wildman–Crippen LogP) is 2.49. The Balaban J connectivity index is 1.49. The van der Waals surface area contributed by atoms with Gasteiger partial charge in [0.15, 0.2) is 6.10 Å². The minimum absolute atomic E-state index is 0.0420. The maximum Gasteiger partial charge on any atom is 0.268 e. The van der Waals surface area contributed by atoms with Gasteiger partial charge in [0.2, 0.25) is 18.2 Å². The number of nitrogens with one attached hydrogen (secondary N) is 1. The minimum Gasteiger partial charge on any atom is -0.481 e. The molecule has 0 saturated heterocycles. The maximum atomic E-state index is 12.9. The van der Waals surface area contributed by atoms with Crippen LogP contribution < -0.4 is 15.0 Å². The molecule has 0 unspecified atom stereocenters. The quantitative estimate of drug-likeness (QED) is 0.764. The number of amides is 2. The molecule has 0 aliphatic carbocycles. The van der Waals surface area contributed by atoms with E-state index < -0.39 is 6.10 Å². The molecule has 0 fully saturated rings. The summed E-state index contributed by atoms with van der Waals surface area (Å²) in [7, 11) is 0. The molecule has 4 rings (SSSR count). The van der Waals surface area contributed by atoms with Crippen LogP contribution in [0.5, 0.6) is 5.75 Å². The first kappa shape index (κ1) is 16.8. The average Bonchev–Trinajstić information content (AvgIpc) is 3.22. The van der Waals surface area contributed by atoms with E-state index in [4.69, 9.17) is 9.15 Å². The Bertz CT molecular complexity index is 970. The van der Waals surface area contributed by atoms with Crippen LogP contribution in [0.3, 0.4) is 0 Å². The minimum atomic E-state index is -0.766. The Morgan fingerprint density at radius 1 is 1.22 bits per heavy atom. The number of hydrogen-bond donors (Lipinski definition) is 1. The van der Waals surface area contributed by atoms with Crippen LogP contribution in [0.1, 0.15) is 6.92 Å². The van der Waals surface area contributed by atoms with Crippen molar-refractivity contribution in [3.05, 3.63) is 54.9 Å². The molecular weight excluding hydrogens is 348 g/mol. The van der Waals surface area contributed by atoms with Crippen LogP contribution in [0, 0.1) is 0 Å². The molecule has 136 valence electrons. The van der Waals surface area contributed by atoms with Crippen LogP contribution >= 0.6 is 0 Å². The van der Waals surface area contributed by atoms with Gasteiger partial charge in [-0.1, -0.05) is 12.1 Å². The summed E-state index contributed by atoms with van der Waals surface area (Å²) >= 11 is 0. The zero-order chi connectivity index (χ0) is 18.8. The summed E-state index contributed by atoms with van der Waals surface area (Å²) in [5.41, 5.74) is 2.02. The van der Waals surface area contributed by atoms with Crippen molar-refractivity contribution in [3.63, 3.8) is 0 Å². The number of anilines is 2. The summed E-state index contributed by atoms with van der Waals surface area (Å²) in [6.07, 6.45) is 0.491. The van der Waals surface area contributed by atoms with Gasteiger partial charge in [0.1, 0.15) is 12.3 Å². The lowest BCUT2D eigenvalue weighted by molar-refractivity contribution is -0.126. The van der Waals surface area contributed by atoms with Gasteiger partial charge in [-0.2, -0.15) is 0 Å². The van der Waals surface area contributed by atoms with Gasteiger partial charge in [-0.25, -0.2) is 0 Å². The molecular formula is C19H16N4O4. The van der Waals surface area contributed by atoms with Gasteiger partial charge >= 0.3 is 0 Å². The summed E-state index contributed by atoms with van der Waals surface area (Å²) in [6, 6.07) is 14.1. The third kappa shape index (κ3) is 3.37. The first-order chi connectivity index (χ1) is 13.1. The normalized spacial score (nSPS) is 14.3. The van der Waals surface area contributed by atoms with Crippen molar-refractivity contribution in [1.29, 1.82) is 0 Å². The van der Waals surface area contributed by atoms with E-state index in [1.165, 1.54) is 11.3 Å². The third-order valence-electron chi connectivity index (χ3n) is 4.16. The molecule has 3 aromatic rings. The van der Waals surface area contributed by atoms with Crippen molar-refractivity contribution in [2.24, 2.45) is 0 Å². The number of carbonyl (C=O) groups is 2. The van der Waals surface area contributed by atoms with Crippen LogP contribution in [0.2, 0.25) is 0 Å². The van der Waals surface area contributed by atoms with E-state index in [9.17, 15) is 9.59 Å². The van der Waals surface area contributed by atoms with Crippen molar-refractivity contribution >= 4 is 23.2 Å². The first-order valence-electron chi connectivity index (χ1n) is 8.35. The van der Waals surface area contributed by atoms with E-state index in [0.717, 1.165) is 5.56 Å². The Kier molecular flexibility index (Phi) is 4.29. The number of hydrogen-bond acceptors (Lipinski definition) is 6. The van der Waals surface area contributed by atoms with Gasteiger partial charge in [-0.15, -0.1) is 10.2 Å². The molecule has 0 saturated carbocycles. The van der Waals surface area contributed by atoms with Crippen LogP contribution in [0.4, 0.5) is 11.4 Å². The molecule has 2 heterocycles. The second-order valence-corrected chi connectivity index (χ2v) is 6.02. The number of carbonyl (C=O) groups excluding carboxylic acids is 2. The molecule has 8 nitrogen and oxygen atoms in total. The number of aromatic nitrogens is 2. The summed E-state index contributed by atoms with van der Waals surface area (Å²) in [4.78, 5) is 26.2. The lowest BCUT2D eigenvalue weighted by Crippen LogP contribution is -2.47. The van der Waals surface area contributed by atoms with E-state index in [1.54, 1.807) is 49.4 Å². The zero-order valence-corrected chi connectivity index (χ0v) is 14.5. The standard InChI is InChI=1S/C19H16N4O4/c1-12(27-14-8-6-13(7-9-14)18-22-20-11-26-18)19(25)23-10-17(24)21-15-4-2-3-5-16(15)23/h2-9,11-12H,10H2,1H3,(H,21,24)/t12-/m0/s1. The highest BCUT2D eigenvalue weighted by Gasteiger charge is 2.30. The van der Waals surface area contributed by atoms with Gasteiger partial charge in [-0.05, 0) is 43.3 Å². The second kappa shape index (κ2) is 6.91. The second-order valence-electron chi connectivity index (χ2n) is 6.02. The number of rotatable bonds is 4. The monoisotopic (exact) mass is 364 g/mol. The highest BCUT2D eigenvalue weighted by molar-refractivity contribution is 6.10. The maximum absolute atomic E-state index is 12.9. The Labute approximate surface area is 154 Å². The fourth-order valence-electron chi connectivity index (χ4n) is 2.88. The molecule has 1 atom stereocenters. The number of para-hydroxylation sites is 2. The number of benzene rings is 2. The summed E-state index contributed by atoms with van der Waals surface area (Å²) in [5, 5.41) is 10.2. The van der Waals surface area contributed by atoms with Crippen molar-refractivity contribution < 1.29 is 18.7 Å². The van der Waals surface area contributed by atoms with Crippen molar-refractivity contribution in [1.82, 2.24) is 10.2 Å². The number of fused-ring (bicyclic) bond motifs is 1. The van der Waals surface area contributed by atoms with Crippen molar-refractivity contribution in [2.45, 2.75) is 13.0 Å². The topological polar surface area (TPSA) is 97.6 Å². The molecule has 0 radical (unpaired) electrons. The van der Waals surface area contributed by atoms with Gasteiger partial charge in [0.05, 0.1) is 11.4 Å². The van der Waals surface area contributed by atoms with E-state index in [2.05, 4.69) is 15.5 Å². The SMILES string of the molecule is C[C@H](Oc1ccc(-c2nnco2)cc1)C(=O)N1CC(=O)Nc2ccccc21. The summed E-state index contributed by atoms with van der Waals surface area (Å²) in [6.45, 7) is 1.61. The van der Waals surface area contributed by atoms with Crippen LogP contribution in [0.25, 0.3) is 11.5 Å². The molecule has 1 N–H and O–H groups in total. The van der Waals surface area contributed by atoms with Crippen LogP contribution in [0.15, 0.2) is 59.3 Å². The number of ether oxygens (including phenoxy) is 1. The summed E-state index contributed by atoms with van der Waals surface area (Å²) in [5.74, 6) is 0.395. The van der Waals surface area contributed by atoms with E-state index >= 15 is 0 Å². The molecule has 0 bridgehead atoms. The molecule has 27 heavy (non-hydrogen) atoms. The lowest BCUT2D eigenvalue weighted by atomic mass is 10.1. The molecule has 8 heteroatoms.